The van der Waals surface area contributed by atoms with E-state index in [0.717, 1.165) is 46.6 Å². The van der Waals surface area contributed by atoms with Crippen LogP contribution in [0.3, 0.4) is 0 Å². The molecule has 0 aromatic heterocycles. The molecule has 0 spiro atoms. The predicted molar refractivity (Wildman–Crippen MR) is 151 cm³/mol. The summed E-state index contributed by atoms with van der Waals surface area (Å²) in [6.45, 7) is 11.8. The zero-order valence-corrected chi connectivity index (χ0v) is 23.4. The van der Waals surface area contributed by atoms with Crippen molar-refractivity contribution in [2.45, 2.75) is 71.7 Å². The van der Waals surface area contributed by atoms with E-state index in [1.54, 1.807) is 24.3 Å². The van der Waals surface area contributed by atoms with Gasteiger partial charge in [-0.05, 0) is 95.3 Å². The number of benzene rings is 2. The van der Waals surface area contributed by atoms with Crippen molar-refractivity contribution in [1.29, 1.82) is 0 Å². The number of carbonyl (C=O) groups excluding carboxylic acids is 2. The van der Waals surface area contributed by atoms with Crippen LogP contribution in [-0.4, -0.2) is 45.3 Å². The molecule has 2 atom stereocenters. The van der Waals surface area contributed by atoms with Gasteiger partial charge in [0.25, 0.3) is 0 Å². The molecule has 0 saturated carbocycles. The van der Waals surface area contributed by atoms with E-state index in [1.807, 2.05) is 41.5 Å². The topological polar surface area (TPSA) is 122 Å². The van der Waals surface area contributed by atoms with Crippen molar-refractivity contribution >= 4 is 40.1 Å². The normalized spacial score (nSPS) is 21.4. The van der Waals surface area contributed by atoms with Crippen molar-refractivity contribution < 1.29 is 24.2 Å². The van der Waals surface area contributed by atoms with E-state index in [-0.39, 0.29) is 18.2 Å². The number of hydrogen-bond donors (Lipinski definition) is 3. The minimum atomic E-state index is -0.551. The van der Waals surface area contributed by atoms with Crippen LogP contribution in [0.1, 0.15) is 55.9 Å². The van der Waals surface area contributed by atoms with E-state index in [2.05, 4.69) is 20.8 Å². The number of nitrogens with one attached hydrogen (secondary N) is 2. The number of fused-ring (bicyclic) bond motifs is 1. The molecular formula is C28H34N4O5S. The summed E-state index contributed by atoms with van der Waals surface area (Å²) in [6.07, 6.45) is 1.59. The molecule has 2 aromatic carbocycles. The lowest BCUT2D eigenvalue weighted by Crippen LogP contribution is -2.42. The molecule has 0 aliphatic carbocycles. The van der Waals surface area contributed by atoms with Crippen molar-refractivity contribution in [3.8, 4) is 17.2 Å². The van der Waals surface area contributed by atoms with Crippen LogP contribution in [-0.2, 0) is 16.0 Å². The fourth-order valence-corrected chi connectivity index (χ4v) is 5.30. The maximum Gasteiger partial charge on any atom is 0.240 e. The van der Waals surface area contributed by atoms with Crippen LogP contribution in [0, 0.1) is 20.8 Å². The summed E-state index contributed by atoms with van der Waals surface area (Å²) in [4.78, 5) is 24.7. The molecule has 2 aliphatic heterocycles. The van der Waals surface area contributed by atoms with Crippen LogP contribution in [0.5, 0.6) is 17.2 Å². The molecule has 38 heavy (non-hydrogen) atoms. The molecule has 202 valence electrons. The average molecular weight is 539 g/mol. The number of carbonyl (C=O) groups is 2. The van der Waals surface area contributed by atoms with Crippen LogP contribution in [0.4, 0.5) is 5.69 Å². The summed E-state index contributed by atoms with van der Waals surface area (Å²) in [6, 6.07) is 7.11. The number of anilines is 1. The highest BCUT2D eigenvalue weighted by atomic mass is 32.2. The summed E-state index contributed by atoms with van der Waals surface area (Å²) < 4.78 is 12.5. The monoisotopic (exact) mass is 538 g/mol. The zero-order chi connectivity index (χ0) is 27.6. The molecule has 4 rings (SSSR count). The van der Waals surface area contributed by atoms with Gasteiger partial charge in [0.1, 0.15) is 34.7 Å². The summed E-state index contributed by atoms with van der Waals surface area (Å²) in [5, 5.41) is 23.6. The standard InChI is InChI=1S/C28H34N4O5S/c1-15(2)31-32-27-30-26(35)22(38-27)13-23(33)29-19-7-9-20(10-8-19)36-14-28(6)12-11-21-18(5)24(34)16(3)17(4)25(21)37-28/h7-10,22,34H,11-14H2,1-6H3,(H,29,33)(H,30,32,35). The molecule has 1 fully saturated rings. The van der Waals surface area contributed by atoms with Gasteiger partial charge in [-0.3, -0.25) is 9.59 Å². The van der Waals surface area contributed by atoms with Crippen LogP contribution in [0.2, 0.25) is 0 Å². The third-order valence-electron chi connectivity index (χ3n) is 6.76. The predicted octanol–water partition coefficient (Wildman–Crippen LogP) is 4.79. The van der Waals surface area contributed by atoms with E-state index in [4.69, 9.17) is 9.47 Å². The highest BCUT2D eigenvalue weighted by Gasteiger charge is 2.35. The molecular weight excluding hydrogens is 504 g/mol. The van der Waals surface area contributed by atoms with Crippen molar-refractivity contribution in [3.63, 3.8) is 0 Å². The van der Waals surface area contributed by atoms with Crippen molar-refractivity contribution in [1.82, 2.24) is 5.32 Å². The first-order valence-corrected chi connectivity index (χ1v) is 13.4. The Kier molecular flexibility index (Phi) is 8.01. The van der Waals surface area contributed by atoms with Gasteiger partial charge in [0.2, 0.25) is 11.8 Å². The number of rotatable bonds is 7. The quantitative estimate of drug-likeness (QED) is 0.344. The first-order valence-electron chi connectivity index (χ1n) is 12.6. The Morgan fingerprint density at radius 2 is 1.92 bits per heavy atom. The van der Waals surface area contributed by atoms with Gasteiger partial charge >= 0.3 is 0 Å². The second-order valence-electron chi connectivity index (χ2n) is 10.2. The smallest absolute Gasteiger partial charge is 0.240 e. The average Bonchev–Trinajstić information content (AvgIpc) is 3.23. The molecule has 3 N–H and O–H groups in total. The summed E-state index contributed by atoms with van der Waals surface area (Å²) >= 11 is 1.20. The highest BCUT2D eigenvalue weighted by Crippen LogP contribution is 2.43. The first kappa shape index (κ1) is 27.5. The largest absolute Gasteiger partial charge is 0.507 e. The van der Waals surface area contributed by atoms with Gasteiger partial charge in [-0.15, -0.1) is 5.10 Å². The van der Waals surface area contributed by atoms with Crippen molar-refractivity contribution in [2.24, 2.45) is 10.2 Å². The summed E-state index contributed by atoms with van der Waals surface area (Å²) in [7, 11) is 0. The minimum Gasteiger partial charge on any atom is -0.507 e. The number of aromatic hydroxyl groups is 1. The third kappa shape index (κ3) is 6.12. The maximum absolute atomic E-state index is 12.5. The number of amides is 2. The van der Waals surface area contributed by atoms with E-state index < -0.39 is 10.9 Å². The number of hydrogen-bond acceptors (Lipinski definition) is 8. The number of phenols is 1. The van der Waals surface area contributed by atoms with Gasteiger partial charge in [-0.1, -0.05) is 11.8 Å². The first-order chi connectivity index (χ1) is 18.0. The molecule has 2 heterocycles. The molecule has 2 aliphatic rings. The van der Waals surface area contributed by atoms with Gasteiger partial charge in [-0.25, -0.2) is 0 Å². The molecule has 2 aromatic rings. The van der Waals surface area contributed by atoms with E-state index in [1.165, 1.54) is 11.8 Å². The molecule has 9 nitrogen and oxygen atoms in total. The van der Waals surface area contributed by atoms with Crippen LogP contribution in [0.15, 0.2) is 34.5 Å². The van der Waals surface area contributed by atoms with E-state index in [0.29, 0.717) is 29.0 Å². The molecule has 2 amide bonds. The van der Waals surface area contributed by atoms with Gasteiger partial charge < -0.3 is 25.2 Å². The van der Waals surface area contributed by atoms with Gasteiger partial charge in [0, 0.05) is 23.4 Å². The Labute approximate surface area is 227 Å². The molecule has 10 heteroatoms. The van der Waals surface area contributed by atoms with Crippen molar-refractivity contribution in [2.75, 3.05) is 11.9 Å². The number of nitrogens with zero attached hydrogens (tertiary/aromatic N) is 2. The highest BCUT2D eigenvalue weighted by molar-refractivity contribution is 8.15. The second-order valence-corrected chi connectivity index (χ2v) is 11.4. The van der Waals surface area contributed by atoms with Gasteiger partial charge in [0.05, 0.1) is 0 Å². The van der Waals surface area contributed by atoms with Crippen LogP contribution < -0.4 is 20.1 Å². The Morgan fingerprint density at radius 3 is 2.61 bits per heavy atom. The molecule has 1 saturated heterocycles. The van der Waals surface area contributed by atoms with Crippen molar-refractivity contribution in [3.05, 3.63) is 46.5 Å². The van der Waals surface area contributed by atoms with E-state index >= 15 is 0 Å². The van der Waals surface area contributed by atoms with Crippen LogP contribution >= 0.6 is 11.8 Å². The maximum atomic E-state index is 12.5. The Balaban J connectivity index is 1.31. The lowest BCUT2D eigenvalue weighted by atomic mass is 9.87. The Hall–Kier alpha value is -3.53. The Bertz CT molecular complexity index is 1320. The number of phenolic OH excluding ortho intramolecular Hbond substituents is 1. The lowest BCUT2D eigenvalue weighted by Gasteiger charge is -2.37. The van der Waals surface area contributed by atoms with E-state index in [9.17, 15) is 14.7 Å². The molecule has 0 bridgehead atoms. The fourth-order valence-electron chi connectivity index (χ4n) is 4.38. The third-order valence-corrected chi connectivity index (χ3v) is 7.84. The number of amidine groups is 1. The minimum absolute atomic E-state index is 0.0237. The zero-order valence-electron chi connectivity index (χ0n) is 22.6. The molecule has 2 unspecified atom stereocenters. The summed E-state index contributed by atoms with van der Waals surface area (Å²) in [5.74, 6) is 1.32. The van der Waals surface area contributed by atoms with Gasteiger partial charge in [0.15, 0.2) is 5.17 Å². The van der Waals surface area contributed by atoms with Crippen LogP contribution in [0.25, 0.3) is 0 Å². The number of thioether (sulfide) groups is 1. The lowest BCUT2D eigenvalue weighted by molar-refractivity contribution is -0.122. The fraction of sp³-hybridized carbons (Fsp3) is 0.429. The second kappa shape index (κ2) is 11.1. The SMILES string of the molecule is CC(C)=NN=C1NC(=O)C(CC(=O)Nc2ccc(OCC3(C)CCc4c(C)c(O)c(C)c(C)c4O3)cc2)S1. The van der Waals surface area contributed by atoms with Gasteiger partial charge in [-0.2, -0.15) is 5.10 Å². The Morgan fingerprint density at radius 1 is 1.21 bits per heavy atom. The molecule has 0 radical (unpaired) electrons. The summed E-state index contributed by atoms with van der Waals surface area (Å²) in [5.41, 5.74) is 4.61. The number of ether oxygens (including phenoxy) is 2.